The second kappa shape index (κ2) is 8.20. The van der Waals surface area contributed by atoms with E-state index in [1.165, 1.54) is 39.8 Å². The van der Waals surface area contributed by atoms with E-state index in [2.05, 4.69) is 10.3 Å². The highest BCUT2D eigenvalue weighted by Crippen LogP contribution is 2.38. The highest BCUT2D eigenvalue weighted by atomic mass is 32.2. The van der Waals surface area contributed by atoms with Crippen LogP contribution in [-0.4, -0.2) is 27.0 Å². The van der Waals surface area contributed by atoms with Gasteiger partial charge in [-0.25, -0.2) is 9.88 Å². The highest BCUT2D eigenvalue weighted by Gasteiger charge is 2.36. The standard InChI is InChI=1S/C23H11N3O4S4/c27-19-17(32-22(31)25-19)10-12-6-8-18(30-12)34-23-24-15-7-5-11(9-16(15)33-23)26-20(28)13-3-1-2-4-14(13)21(26)29/h1-10H,(H,25,27,31)/b17-10-. The molecule has 1 fully saturated rings. The molecule has 4 heterocycles. The summed E-state index contributed by atoms with van der Waals surface area (Å²) in [4.78, 5) is 43.7. The molecule has 0 spiro atoms. The van der Waals surface area contributed by atoms with Gasteiger partial charge in [-0.05, 0) is 54.2 Å². The van der Waals surface area contributed by atoms with Crippen molar-refractivity contribution in [1.29, 1.82) is 0 Å². The van der Waals surface area contributed by atoms with E-state index in [0.29, 0.717) is 36.9 Å². The summed E-state index contributed by atoms with van der Waals surface area (Å²) in [6.45, 7) is 0. The molecule has 2 aromatic heterocycles. The lowest BCUT2D eigenvalue weighted by molar-refractivity contribution is -0.115. The predicted molar refractivity (Wildman–Crippen MR) is 136 cm³/mol. The molecule has 34 heavy (non-hydrogen) atoms. The first-order valence-corrected chi connectivity index (χ1v) is 12.7. The number of aromatic nitrogens is 1. The third-order valence-corrected chi connectivity index (χ3v) is 8.27. The number of fused-ring (bicyclic) bond motifs is 2. The zero-order valence-electron chi connectivity index (χ0n) is 16.9. The summed E-state index contributed by atoms with van der Waals surface area (Å²) in [7, 11) is 0. The molecule has 1 saturated heterocycles. The Morgan fingerprint density at radius 2 is 1.79 bits per heavy atom. The molecule has 1 N–H and O–H groups in total. The number of carbonyl (C=O) groups excluding carboxylic acids is 3. The minimum Gasteiger partial charge on any atom is -0.450 e. The smallest absolute Gasteiger partial charge is 0.266 e. The molecular weight excluding hydrogens is 511 g/mol. The van der Waals surface area contributed by atoms with Crippen molar-refractivity contribution in [1.82, 2.24) is 10.3 Å². The van der Waals surface area contributed by atoms with Crippen LogP contribution in [0.3, 0.4) is 0 Å². The zero-order chi connectivity index (χ0) is 23.4. The molecule has 0 bridgehead atoms. The summed E-state index contributed by atoms with van der Waals surface area (Å²) in [6.07, 6.45) is 1.65. The predicted octanol–water partition coefficient (Wildman–Crippen LogP) is 5.33. The van der Waals surface area contributed by atoms with Gasteiger partial charge >= 0.3 is 0 Å². The van der Waals surface area contributed by atoms with E-state index in [-0.39, 0.29) is 17.7 Å². The number of hydrogen-bond acceptors (Lipinski definition) is 9. The number of thiocarbonyl (C=S) groups is 1. The Morgan fingerprint density at radius 3 is 2.50 bits per heavy atom. The van der Waals surface area contributed by atoms with Crippen molar-refractivity contribution in [3.8, 4) is 0 Å². The average Bonchev–Trinajstić information content (AvgIpc) is 3.56. The monoisotopic (exact) mass is 521 g/mol. The van der Waals surface area contributed by atoms with Gasteiger partial charge < -0.3 is 9.73 Å². The van der Waals surface area contributed by atoms with Gasteiger partial charge in [0.15, 0.2) is 9.43 Å². The Labute approximate surface area is 210 Å². The molecule has 166 valence electrons. The van der Waals surface area contributed by atoms with Crippen LogP contribution < -0.4 is 10.2 Å². The number of rotatable bonds is 4. The topological polar surface area (TPSA) is 92.5 Å². The number of benzene rings is 2. The fraction of sp³-hybridized carbons (Fsp3) is 0. The van der Waals surface area contributed by atoms with E-state index in [4.69, 9.17) is 16.6 Å². The number of nitrogens with zero attached hydrogens (tertiary/aromatic N) is 2. The molecular formula is C23H11N3O4S4. The quantitative estimate of drug-likeness (QED) is 0.219. The number of thioether (sulfide) groups is 1. The number of hydrogen-bond donors (Lipinski definition) is 1. The fourth-order valence-corrected chi connectivity index (χ4v) is 6.63. The van der Waals surface area contributed by atoms with Gasteiger partial charge in [0, 0.05) is 6.08 Å². The minimum atomic E-state index is -0.328. The minimum absolute atomic E-state index is 0.236. The Bertz CT molecular complexity index is 1550. The van der Waals surface area contributed by atoms with E-state index in [1.807, 2.05) is 6.07 Å². The van der Waals surface area contributed by atoms with Crippen LogP contribution in [0.1, 0.15) is 26.5 Å². The van der Waals surface area contributed by atoms with Crippen molar-refractivity contribution in [2.24, 2.45) is 0 Å². The maximum Gasteiger partial charge on any atom is 0.266 e. The normalized spacial score (nSPS) is 16.7. The molecule has 3 amide bonds. The highest BCUT2D eigenvalue weighted by molar-refractivity contribution is 8.26. The van der Waals surface area contributed by atoms with Crippen LogP contribution in [0, 0.1) is 0 Å². The lowest BCUT2D eigenvalue weighted by Crippen LogP contribution is -2.29. The number of carbonyl (C=O) groups is 3. The number of anilines is 1. The molecule has 2 aromatic carbocycles. The van der Waals surface area contributed by atoms with Crippen LogP contribution in [0.2, 0.25) is 0 Å². The van der Waals surface area contributed by atoms with Gasteiger partial charge in [-0.15, -0.1) is 11.3 Å². The first kappa shape index (κ1) is 21.3. The van der Waals surface area contributed by atoms with Crippen molar-refractivity contribution in [2.75, 3.05) is 4.90 Å². The lowest BCUT2D eigenvalue weighted by Gasteiger charge is -2.13. The summed E-state index contributed by atoms with van der Waals surface area (Å²) in [5.41, 5.74) is 2.09. The Balaban J connectivity index is 1.24. The van der Waals surface area contributed by atoms with E-state index < -0.39 is 0 Å². The molecule has 0 atom stereocenters. The van der Waals surface area contributed by atoms with Gasteiger partial charge in [-0.2, -0.15) is 0 Å². The van der Waals surface area contributed by atoms with Gasteiger partial charge in [-0.1, -0.05) is 36.1 Å². The van der Waals surface area contributed by atoms with Crippen molar-refractivity contribution >= 4 is 91.1 Å². The average molecular weight is 522 g/mol. The fourth-order valence-electron chi connectivity index (χ4n) is 3.60. The second-order valence-electron chi connectivity index (χ2n) is 7.23. The molecule has 2 aliphatic rings. The molecule has 2 aliphatic heterocycles. The summed E-state index contributed by atoms with van der Waals surface area (Å²) in [5.74, 6) is -0.350. The molecule has 0 radical (unpaired) electrons. The lowest BCUT2D eigenvalue weighted by atomic mass is 10.1. The van der Waals surface area contributed by atoms with Gasteiger partial charge in [0.2, 0.25) is 0 Å². The van der Waals surface area contributed by atoms with Crippen molar-refractivity contribution in [2.45, 2.75) is 9.43 Å². The van der Waals surface area contributed by atoms with Gasteiger partial charge in [0.1, 0.15) is 10.1 Å². The first-order chi connectivity index (χ1) is 16.5. The van der Waals surface area contributed by atoms with Crippen LogP contribution in [0.4, 0.5) is 5.69 Å². The Morgan fingerprint density at radius 1 is 1.03 bits per heavy atom. The number of thiazole rings is 1. The number of imide groups is 1. The van der Waals surface area contributed by atoms with Crippen molar-refractivity contribution in [3.63, 3.8) is 0 Å². The van der Waals surface area contributed by atoms with Crippen LogP contribution in [0.5, 0.6) is 0 Å². The number of nitrogens with one attached hydrogen (secondary N) is 1. The summed E-state index contributed by atoms with van der Waals surface area (Å²) < 4.78 is 7.83. The summed E-state index contributed by atoms with van der Waals surface area (Å²) in [5, 5.41) is 3.19. The molecule has 0 unspecified atom stereocenters. The van der Waals surface area contributed by atoms with Gasteiger partial charge in [0.25, 0.3) is 17.7 Å². The molecule has 0 aliphatic carbocycles. The van der Waals surface area contributed by atoms with Crippen molar-refractivity contribution in [3.05, 3.63) is 76.4 Å². The first-order valence-electron chi connectivity index (χ1n) is 9.87. The molecule has 0 saturated carbocycles. The van der Waals surface area contributed by atoms with Crippen molar-refractivity contribution < 1.29 is 18.8 Å². The number of amides is 3. The summed E-state index contributed by atoms with van der Waals surface area (Å²) in [6, 6.07) is 15.7. The summed E-state index contributed by atoms with van der Waals surface area (Å²) >= 11 is 8.98. The van der Waals surface area contributed by atoms with Crippen LogP contribution in [-0.2, 0) is 4.79 Å². The molecule has 7 nitrogen and oxygen atoms in total. The Hall–Kier alpha value is -3.25. The molecule has 4 aromatic rings. The van der Waals surface area contributed by atoms with E-state index in [1.54, 1.807) is 54.6 Å². The SMILES string of the molecule is O=C1NC(=S)S/C1=C\c1ccc(Sc2nc3ccc(N4C(=O)c5ccccc5C4=O)cc3s2)o1. The largest absolute Gasteiger partial charge is 0.450 e. The van der Waals surface area contributed by atoms with E-state index in [9.17, 15) is 14.4 Å². The van der Waals surface area contributed by atoms with Gasteiger partial charge in [0.05, 0.1) is 31.9 Å². The maximum absolute atomic E-state index is 12.8. The molecule has 6 rings (SSSR count). The van der Waals surface area contributed by atoms with E-state index in [0.717, 1.165) is 14.6 Å². The number of furan rings is 1. The van der Waals surface area contributed by atoms with E-state index >= 15 is 0 Å². The van der Waals surface area contributed by atoms with Crippen LogP contribution in [0.25, 0.3) is 16.3 Å². The Kier molecular flexibility index (Phi) is 5.14. The third kappa shape index (κ3) is 3.66. The second-order valence-corrected chi connectivity index (χ2v) is 11.2. The van der Waals surface area contributed by atoms with Crippen LogP contribution >= 0.6 is 47.1 Å². The maximum atomic E-state index is 12.8. The van der Waals surface area contributed by atoms with Gasteiger partial charge in [-0.3, -0.25) is 14.4 Å². The van der Waals surface area contributed by atoms with Crippen LogP contribution in [0.15, 0.2) is 73.4 Å². The zero-order valence-corrected chi connectivity index (χ0v) is 20.2. The third-order valence-electron chi connectivity index (χ3n) is 5.11. The molecule has 11 heteroatoms.